The Morgan fingerprint density at radius 1 is 1.08 bits per heavy atom. The number of carbonyl (C=O) groups is 1. The normalized spacial score (nSPS) is 18.8. The van der Waals surface area contributed by atoms with Gasteiger partial charge in [0.15, 0.2) is 0 Å². The number of halogens is 1. The van der Waals surface area contributed by atoms with Crippen LogP contribution in [-0.4, -0.2) is 24.7 Å². The highest BCUT2D eigenvalue weighted by Gasteiger charge is 2.28. The highest BCUT2D eigenvalue weighted by Crippen LogP contribution is 2.27. The molecular weight excluding hydrogens is 329 g/mol. The highest BCUT2D eigenvalue weighted by atomic mass is 19.1. The molecule has 0 aromatic heterocycles. The maximum atomic E-state index is 14.5. The molecule has 0 spiro atoms. The maximum Gasteiger partial charge on any atom is 0.280 e. The number of benzene rings is 2. The molecule has 5 heteroatoms. The average molecular weight is 349 g/mol. The molecule has 132 valence electrons. The van der Waals surface area contributed by atoms with Gasteiger partial charge in [0.1, 0.15) is 5.82 Å². The van der Waals surface area contributed by atoms with Crippen molar-refractivity contribution in [1.29, 1.82) is 0 Å². The molecule has 2 aromatic rings. The second kappa shape index (κ2) is 6.75. The molecule has 4 rings (SSSR count). The molecule has 0 saturated carbocycles. The van der Waals surface area contributed by atoms with Crippen LogP contribution in [0.3, 0.4) is 0 Å². The summed E-state index contributed by atoms with van der Waals surface area (Å²) < 4.78 is 14.5. The fourth-order valence-electron chi connectivity index (χ4n) is 3.42. The molecule has 0 unspecified atom stereocenters. The van der Waals surface area contributed by atoms with Crippen molar-refractivity contribution in [2.45, 2.75) is 19.8 Å². The zero-order valence-corrected chi connectivity index (χ0v) is 14.7. The quantitative estimate of drug-likeness (QED) is 0.778. The van der Waals surface area contributed by atoms with Crippen molar-refractivity contribution < 1.29 is 9.18 Å². The van der Waals surface area contributed by atoms with Crippen molar-refractivity contribution in [2.24, 2.45) is 5.10 Å². The second-order valence-electron chi connectivity index (χ2n) is 6.60. The number of rotatable bonds is 3. The molecule has 0 N–H and O–H groups in total. The molecule has 0 bridgehead atoms. The molecule has 2 heterocycles. The van der Waals surface area contributed by atoms with Crippen LogP contribution in [0.15, 0.2) is 59.2 Å². The number of hydrazone groups is 1. The third kappa shape index (κ3) is 3.01. The van der Waals surface area contributed by atoms with Crippen LogP contribution in [0.25, 0.3) is 6.08 Å². The van der Waals surface area contributed by atoms with Crippen LogP contribution in [0, 0.1) is 5.82 Å². The van der Waals surface area contributed by atoms with Gasteiger partial charge in [0.25, 0.3) is 5.91 Å². The van der Waals surface area contributed by atoms with Crippen molar-refractivity contribution in [1.82, 2.24) is 0 Å². The molecule has 0 aliphatic carbocycles. The van der Waals surface area contributed by atoms with Crippen molar-refractivity contribution in [3.8, 4) is 0 Å². The Hall–Kier alpha value is -2.95. The van der Waals surface area contributed by atoms with Gasteiger partial charge in [-0.3, -0.25) is 4.79 Å². The average Bonchev–Trinajstić information content (AvgIpc) is 3.27. The summed E-state index contributed by atoms with van der Waals surface area (Å²) in [4.78, 5) is 14.8. The van der Waals surface area contributed by atoms with E-state index in [0.29, 0.717) is 22.5 Å². The Labute approximate surface area is 152 Å². The van der Waals surface area contributed by atoms with Gasteiger partial charge in [-0.15, -0.1) is 0 Å². The van der Waals surface area contributed by atoms with Gasteiger partial charge < -0.3 is 4.90 Å². The Balaban J connectivity index is 1.61. The fourth-order valence-corrected chi connectivity index (χ4v) is 3.42. The molecular formula is C21H20FN3O. The van der Waals surface area contributed by atoms with E-state index in [1.165, 1.54) is 11.1 Å². The van der Waals surface area contributed by atoms with Crippen molar-refractivity contribution >= 4 is 29.1 Å². The van der Waals surface area contributed by atoms with E-state index in [0.717, 1.165) is 31.6 Å². The molecule has 0 atom stereocenters. The van der Waals surface area contributed by atoms with E-state index in [9.17, 15) is 9.18 Å². The minimum absolute atomic E-state index is 0.197. The lowest BCUT2D eigenvalue weighted by Crippen LogP contribution is -2.21. The van der Waals surface area contributed by atoms with Gasteiger partial charge in [0, 0.05) is 13.1 Å². The molecule has 2 aliphatic heterocycles. The number of anilines is 2. The van der Waals surface area contributed by atoms with Crippen LogP contribution in [0.4, 0.5) is 15.8 Å². The van der Waals surface area contributed by atoms with Crippen molar-refractivity contribution in [2.75, 3.05) is 23.0 Å². The van der Waals surface area contributed by atoms with E-state index in [1.807, 2.05) is 36.4 Å². The molecule has 4 nitrogen and oxygen atoms in total. The molecule has 1 amide bonds. The number of nitrogens with zero attached hydrogens (tertiary/aromatic N) is 3. The predicted molar refractivity (Wildman–Crippen MR) is 103 cm³/mol. The minimum atomic E-state index is -0.249. The Kier molecular flexibility index (Phi) is 4.29. The zero-order chi connectivity index (χ0) is 18.1. The highest BCUT2D eigenvalue weighted by molar-refractivity contribution is 6.32. The molecule has 2 aromatic carbocycles. The van der Waals surface area contributed by atoms with E-state index < -0.39 is 0 Å². The Bertz CT molecular complexity index is 899. The maximum absolute atomic E-state index is 14.5. The van der Waals surface area contributed by atoms with Crippen LogP contribution in [0.1, 0.15) is 25.3 Å². The number of carbonyl (C=O) groups excluding carboxylic acids is 1. The SMILES string of the molecule is CC1=NN(c2ccccc2)C(=O)/C1=C\c1ccc(N2CCCC2)c(F)c1. The lowest BCUT2D eigenvalue weighted by atomic mass is 10.1. The van der Waals surface area contributed by atoms with Gasteiger partial charge in [-0.25, -0.2) is 4.39 Å². The summed E-state index contributed by atoms with van der Waals surface area (Å²) in [5, 5.41) is 5.74. The van der Waals surface area contributed by atoms with Crippen LogP contribution in [-0.2, 0) is 4.79 Å². The number of amides is 1. The Morgan fingerprint density at radius 2 is 1.81 bits per heavy atom. The molecule has 0 radical (unpaired) electrons. The third-order valence-corrected chi connectivity index (χ3v) is 4.79. The van der Waals surface area contributed by atoms with Gasteiger partial charge in [0.05, 0.1) is 22.7 Å². The van der Waals surface area contributed by atoms with E-state index >= 15 is 0 Å². The molecule has 1 fully saturated rings. The second-order valence-corrected chi connectivity index (χ2v) is 6.60. The van der Waals surface area contributed by atoms with E-state index in [2.05, 4.69) is 10.0 Å². The van der Waals surface area contributed by atoms with E-state index in [-0.39, 0.29) is 11.7 Å². The summed E-state index contributed by atoms with van der Waals surface area (Å²) in [5.41, 5.74) is 3.14. The minimum Gasteiger partial charge on any atom is -0.369 e. The lowest BCUT2D eigenvalue weighted by molar-refractivity contribution is -0.114. The van der Waals surface area contributed by atoms with E-state index in [1.54, 1.807) is 19.1 Å². The van der Waals surface area contributed by atoms with E-state index in [4.69, 9.17) is 0 Å². The summed E-state index contributed by atoms with van der Waals surface area (Å²) in [7, 11) is 0. The molecule has 26 heavy (non-hydrogen) atoms. The smallest absolute Gasteiger partial charge is 0.280 e. The molecule has 1 saturated heterocycles. The first kappa shape index (κ1) is 16.5. The van der Waals surface area contributed by atoms with Crippen LogP contribution in [0.5, 0.6) is 0 Å². The lowest BCUT2D eigenvalue weighted by Gasteiger charge is -2.18. The first-order chi connectivity index (χ1) is 12.6. The van der Waals surface area contributed by atoms with Crippen LogP contribution >= 0.6 is 0 Å². The Morgan fingerprint density at radius 3 is 2.50 bits per heavy atom. The first-order valence-electron chi connectivity index (χ1n) is 8.85. The van der Waals surface area contributed by atoms with Gasteiger partial charge in [0.2, 0.25) is 0 Å². The fraction of sp³-hybridized carbons (Fsp3) is 0.238. The molecule has 2 aliphatic rings. The summed E-state index contributed by atoms with van der Waals surface area (Å²) in [6.07, 6.45) is 3.91. The van der Waals surface area contributed by atoms with Gasteiger partial charge in [-0.05, 0) is 55.7 Å². The number of para-hydroxylation sites is 1. The number of hydrogen-bond acceptors (Lipinski definition) is 3. The van der Waals surface area contributed by atoms with Crippen LogP contribution < -0.4 is 9.91 Å². The summed E-state index contributed by atoms with van der Waals surface area (Å²) in [6.45, 7) is 3.59. The third-order valence-electron chi connectivity index (χ3n) is 4.79. The summed E-state index contributed by atoms with van der Waals surface area (Å²) >= 11 is 0. The first-order valence-corrected chi connectivity index (χ1v) is 8.85. The van der Waals surface area contributed by atoms with Crippen molar-refractivity contribution in [3.63, 3.8) is 0 Å². The standard InChI is InChI=1S/C21H20FN3O/c1-15-18(21(26)25(23-15)17-7-3-2-4-8-17)13-16-9-10-20(19(22)14-16)24-11-5-6-12-24/h2-4,7-10,13-14H,5-6,11-12H2,1H3/b18-13-. The summed E-state index contributed by atoms with van der Waals surface area (Å²) in [5.74, 6) is -0.445. The van der Waals surface area contributed by atoms with Gasteiger partial charge in [-0.1, -0.05) is 24.3 Å². The van der Waals surface area contributed by atoms with Crippen molar-refractivity contribution in [3.05, 3.63) is 65.5 Å². The largest absolute Gasteiger partial charge is 0.369 e. The topological polar surface area (TPSA) is 35.9 Å². The summed E-state index contributed by atoms with van der Waals surface area (Å²) in [6, 6.07) is 14.4. The van der Waals surface area contributed by atoms with Crippen LogP contribution in [0.2, 0.25) is 0 Å². The number of hydrogen-bond donors (Lipinski definition) is 0. The van der Waals surface area contributed by atoms with Gasteiger partial charge >= 0.3 is 0 Å². The zero-order valence-electron chi connectivity index (χ0n) is 14.7. The predicted octanol–water partition coefficient (Wildman–Crippen LogP) is 4.23. The monoisotopic (exact) mass is 349 g/mol. The van der Waals surface area contributed by atoms with Gasteiger partial charge in [-0.2, -0.15) is 10.1 Å².